The fourth-order valence-electron chi connectivity index (χ4n) is 0.354. The highest BCUT2D eigenvalue weighted by Gasteiger charge is 1.68. The SMILES string of the molecule is CCCCC.[N]. The van der Waals surface area contributed by atoms with Gasteiger partial charge in [0, 0.05) is 6.15 Å². The minimum Gasteiger partial charge on any atom is -0.0654 e. The summed E-state index contributed by atoms with van der Waals surface area (Å²) in [7, 11) is 0. The Kier molecular flexibility index (Phi) is 13.8. The third-order valence-corrected chi connectivity index (χ3v) is 0.707. The number of hydrogen-bond donors (Lipinski definition) is 0. The van der Waals surface area contributed by atoms with Gasteiger partial charge in [-0.3, -0.25) is 0 Å². The third-order valence-electron chi connectivity index (χ3n) is 0.707. The molecule has 0 amide bonds. The van der Waals surface area contributed by atoms with Crippen molar-refractivity contribution in [1.29, 1.82) is 0 Å². The molecule has 0 rings (SSSR count). The van der Waals surface area contributed by atoms with Crippen molar-refractivity contribution in [2.75, 3.05) is 0 Å². The van der Waals surface area contributed by atoms with E-state index in [9.17, 15) is 0 Å². The summed E-state index contributed by atoms with van der Waals surface area (Å²) >= 11 is 0. The predicted molar refractivity (Wildman–Crippen MR) is 27.3 cm³/mol. The molecule has 0 spiro atoms. The Balaban J connectivity index is 0. The second-order valence-electron chi connectivity index (χ2n) is 1.35. The Morgan fingerprint density at radius 3 is 1.33 bits per heavy atom. The summed E-state index contributed by atoms with van der Waals surface area (Å²) in [6, 6.07) is 0. The second kappa shape index (κ2) is 8.88. The first-order chi connectivity index (χ1) is 2.41. The number of hydrogen-bond acceptors (Lipinski definition) is 0. The molecule has 0 aromatic heterocycles. The van der Waals surface area contributed by atoms with Gasteiger partial charge in [-0.1, -0.05) is 33.1 Å². The first-order valence-electron chi connectivity index (χ1n) is 2.41. The molecule has 0 saturated heterocycles. The van der Waals surface area contributed by atoms with E-state index < -0.39 is 0 Å². The average Bonchev–Trinajstić information content (AvgIpc) is 1.41. The molecule has 6 heavy (non-hydrogen) atoms. The minimum atomic E-state index is 0. The summed E-state index contributed by atoms with van der Waals surface area (Å²) in [5.74, 6) is 0. The van der Waals surface area contributed by atoms with E-state index in [0.717, 1.165) is 0 Å². The van der Waals surface area contributed by atoms with Crippen molar-refractivity contribution in [2.45, 2.75) is 33.1 Å². The van der Waals surface area contributed by atoms with Crippen LogP contribution in [0, 0.1) is 0 Å². The molecular weight excluding hydrogens is 74.1 g/mol. The van der Waals surface area contributed by atoms with Gasteiger partial charge in [-0.05, 0) is 0 Å². The lowest BCUT2D eigenvalue weighted by molar-refractivity contribution is 0.772. The zero-order chi connectivity index (χ0) is 4.12. The normalized spacial score (nSPS) is 7.00. The summed E-state index contributed by atoms with van der Waals surface area (Å²) in [6.07, 6.45) is 4.08. The van der Waals surface area contributed by atoms with Crippen LogP contribution in [0.1, 0.15) is 33.1 Å². The second-order valence-corrected chi connectivity index (χ2v) is 1.35. The van der Waals surface area contributed by atoms with Gasteiger partial charge in [-0.25, -0.2) is 0 Å². The van der Waals surface area contributed by atoms with E-state index in [0.29, 0.717) is 0 Å². The van der Waals surface area contributed by atoms with E-state index >= 15 is 0 Å². The van der Waals surface area contributed by atoms with Gasteiger partial charge >= 0.3 is 0 Å². The summed E-state index contributed by atoms with van der Waals surface area (Å²) in [4.78, 5) is 0. The third kappa shape index (κ3) is 9.03. The van der Waals surface area contributed by atoms with Crippen molar-refractivity contribution in [1.82, 2.24) is 6.15 Å². The molecule has 0 heterocycles. The molecule has 0 aliphatic rings. The Morgan fingerprint density at radius 1 is 1.00 bits per heavy atom. The molecule has 1 heteroatoms. The molecule has 0 atom stereocenters. The Labute approximate surface area is 40.3 Å². The highest BCUT2D eigenvalue weighted by Crippen LogP contribution is 1.88. The lowest BCUT2D eigenvalue weighted by Gasteiger charge is -1.79. The molecule has 0 bridgehead atoms. The molecule has 0 aliphatic heterocycles. The van der Waals surface area contributed by atoms with Crippen molar-refractivity contribution < 1.29 is 0 Å². The van der Waals surface area contributed by atoms with Crippen LogP contribution >= 0.6 is 0 Å². The standard InChI is InChI=1S/C5H12.N/c1-3-5-4-2;/h3-5H2,1-2H3;. The van der Waals surface area contributed by atoms with Crippen LogP contribution in [0.25, 0.3) is 0 Å². The van der Waals surface area contributed by atoms with Crippen LogP contribution in [0.15, 0.2) is 0 Å². The monoisotopic (exact) mass is 86.1 g/mol. The fourth-order valence-corrected chi connectivity index (χ4v) is 0.354. The van der Waals surface area contributed by atoms with Crippen LogP contribution in [-0.2, 0) is 0 Å². The molecule has 0 aliphatic carbocycles. The van der Waals surface area contributed by atoms with Crippen molar-refractivity contribution in [2.24, 2.45) is 0 Å². The first-order valence-corrected chi connectivity index (χ1v) is 2.41. The molecule has 0 unspecified atom stereocenters. The van der Waals surface area contributed by atoms with E-state index in [4.69, 9.17) is 0 Å². The quantitative estimate of drug-likeness (QED) is 0.490. The Bertz CT molecular complexity index is 11.4. The summed E-state index contributed by atoms with van der Waals surface area (Å²) in [5, 5.41) is 0. The largest absolute Gasteiger partial charge is 0.0654 e. The predicted octanol–water partition coefficient (Wildman–Crippen LogP) is 1.72. The topological polar surface area (TPSA) is 30.5 Å². The zero-order valence-electron chi connectivity index (χ0n) is 4.57. The van der Waals surface area contributed by atoms with Crippen molar-refractivity contribution in [3.8, 4) is 0 Å². The van der Waals surface area contributed by atoms with Gasteiger partial charge in [0.25, 0.3) is 0 Å². The molecule has 1 nitrogen and oxygen atoms in total. The van der Waals surface area contributed by atoms with Gasteiger partial charge in [0.1, 0.15) is 0 Å². The molecule has 0 fully saturated rings. The maximum Gasteiger partial charge on any atom is 0 e. The van der Waals surface area contributed by atoms with Crippen LogP contribution in [0.5, 0.6) is 0 Å². The highest BCUT2D eigenvalue weighted by molar-refractivity contribution is 4.24. The van der Waals surface area contributed by atoms with Crippen molar-refractivity contribution >= 4 is 0 Å². The molecule has 3 radical (unpaired) electrons. The lowest BCUT2D eigenvalue weighted by Crippen LogP contribution is -1.59. The van der Waals surface area contributed by atoms with Crippen LogP contribution in [0.4, 0.5) is 0 Å². The molecule has 0 N–H and O–H groups in total. The van der Waals surface area contributed by atoms with Crippen LogP contribution in [0.2, 0.25) is 0 Å². The van der Waals surface area contributed by atoms with Gasteiger partial charge in [0.15, 0.2) is 0 Å². The van der Waals surface area contributed by atoms with Gasteiger partial charge in [-0.2, -0.15) is 0 Å². The minimum absolute atomic E-state index is 0. The van der Waals surface area contributed by atoms with Crippen LogP contribution < -0.4 is 6.15 Å². The van der Waals surface area contributed by atoms with Crippen molar-refractivity contribution in [3.05, 3.63) is 0 Å². The maximum atomic E-state index is 2.21. The summed E-state index contributed by atoms with van der Waals surface area (Å²) < 4.78 is 0. The first kappa shape index (κ1) is 9.35. The Morgan fingerprint density at radius 2 is 1.33 bits per heavy atom. The van der Waals surface area contributed by atoms with Gasteiger partial charge in [0.05, 0.1) is 0 Å². The summed E-state index contributed by atoms with van der Waals surface area (Å²) in [5.41, 5.74) is 0. The molecule has 0 saturated carbocycles. The average molecular weight is 86.2 g/mol. The number of rotatable bonds is 2. The fraction of sp³-hybridized carbons (Fsp3) is 1.00. The molecule has 0 aromatic rings. The maximum absolute atomic E-state index is 2.21. The van der Waals surface area contributed by atoms with E-state index in [1.807, 2.05) is 0 Å². The van der Waals surface area contributed by atoms with Gasteiger partial charge in [0.2, 0.25) is 0 Å². The van der Waals surface area contributed by atoms with E-state index in [1.165, 1.54) is 19.3 Å². The van der Waals surface area contributed by atoms with E-state index in [-0.39, 0.29) is 6.15 Å². The zero-order valence-corrected chi connectivity index (χ0v) is 4.57. The number of unbranched alkanes of at least 4 members (excludes halogenated alkanes) is 2. The van der Waals surface area contributed by atoms with Crippen molar-refractivity contribution in [3.63, 3.8) is 0 Å². The van der Waals surface area contributed by atoms with Crippen LogP contribution in [0.3, 0.4) is 0 Å². The molecular formula is C5H12N. The van der Waals surface area contributed by atoms with Gasteiger partial charge in [-0.15, -0.1) is 0 Å². The molecule has 37 valence electrons. The Hall–Kier alpha value is -0.0400. The number of nitrogens with zero attached hydrogens (tertiary/aromatic N) is 1. The smallest absolute Gasteiger partial charge is 0 e. The lowest BCUT2D eigenvalue weighted by atomic mass is 10.3. The van der Waals surface area contributed by atoms with E-state index in [1.54, 1.807) is 0 Å². The molecule has 0 aromatic carbocycles. The summed E-state index contributed by atoms with van der Waals surface area (Å²) in [6.45, 7) is 4.42. The van der Waals surface area contributed by atoms with Crippen LogP contribution in [-0.4, -0.2) is 0 Å². The highest BCUT2D eigenvalue weighted by atomic mass is 14.0. The van der Waals surface area contributed by atoms with Gasteiger partial charge < -0.3 is 0 Å². The van der Waals surface area contributed by atoms with E-state index in [2.05, 4.69) is 13.8 Å².